The van der Waals surface area contributed by atoms with E-state index in [0.29, 0.717) is 43.6 Å². The van der Waals surface area contributed by atoms with Gasteiger partial charge in [0.05, 0.1) is 11.4 Å². The van der Waals surface area contributed by atoms with E-state index in [9.17, 15) is 45.3 Å². The summed E-state index contributed by atoms with van der Waals surface area (Å²) in [4.78, 5) is 55.0. The van der Waals surface area contributed by atoms with Crippen molar-refractivity contribution < 1.29 is 55.1 Å². The van der Waals surface area contributed by atoms with Crippen LogP contribution in [0.15, 0.2) is 60.7 Å². The van der Waals surface area contributed by atoms with Crippen molar-refractivity contribution in [1.29, 1.82) is 0 Å². The maximum Gasteiger partial charge on any atom is 0.399 e. The van der Waals surface area contributed by atoms with Crippen molar-refractivity contribution in [2.75, 3.05) is 45.8 Å². The Bertz CT molecular complexity index is 1540. The first-order valence-electron chi connectivity index (χ1n) is 19.0. The summed E-state index contributed by atoms with van der Waals surface area (Å²) in [5.41, 5.74) is -0.00188. The first-order chi connectivity index (χ1) is 27.0. The second kappa shape index (κ2) is 30.6. The number of thiophene rings is 1. The van der Waals surface area contributed by atoms with Crippen LogP contribution in [0.1, 0.15) is 89.4 Å². The largest absolute Gasteiger partial charge is 0.399 e. The molecule has 18 heteroatoms. The smallest absolute Gasteiger partial charge is 0.365 e. The lowest BCUT2D eigenvalue weighted by atomic mass is 10.1. The zero-order valence-corrected chi connectivity index (χ0v) is 35.6. The normalized spacial score (nSPS) is 14.6. The molecule has 326 valence electrons. The molecule has 1 aromatic heterocycles. The van der Waals surface area contributed by atoms with E-state index in [1.54, 1.807) is 4.90 Å². The lowest BCUT2D eigenvalue weighted by Crippen LogP contribution is -2.34. The van der Waals surface area contributed by atoms with Gasteiger partial charge in [-0.25, -0.2) is 17.6 Å². The number of halogens is 6. The van der Waals surface area contributed by atoms with Gasteiger partial charge in [-0.15, -0.1) is 11.3 Å². The van der Waals surface area contributed by atoms with E-state index in [4.69, 9.17) is 15.5 Å². The summed E-state index contributed by atoms with van der Waals surface area (Å²) >= 11 is 1.02. The minimum atomic E-state index is -5.60. The van der Waals surface area contributed by atoms with Gasteiger partial charge in [0.2, 0.25) is 18.7 Å². The minimum absolute atomic E-state index is 0.102. The molecule has 10 nitrogen and oxygen atoms in total. The Morgan fingerprint density at radius 2 is 1.47 bits per heavy atom. The molecule has 0 aliphatic carbocycles. The van der Waals surface area contributed by atoms with E-state index in [2.05, 4.69) is 0 Å². The molecule has 2 fully saturated rings. The quantitative estimate of drug-likeness (QED) is 0.0991. The summed E-state index contributed by atoms with van der Waals surface area (Å²) in [5.74, 6) is -1.18. The Hall–Kier alpha value is -3.50. The van der Waals surface area contributed by atoms with Gasteiger partial charge >= 0.3 is 13.3 Å². The number of likely N-dealkylation sites (tertiary alicyclic amines) is 2. The number of hydrogen-bond acceptors (Lipinski definition) is 6. The van der Waals surface area contributed by atoms with E-state index < -0.39 is 43.5 Å². The van der Waals surface area contributed by atoms with Crippen molar-refractivity contribution in [3.05, 3.63) is 71.1 Å². The van der Waals surface area contributed by atoms with Gasteiger partial charge in [-0.2, -0.15) is 8.78 Å². The molecule has 4 N–H and O–H groups in total. The van der Waals surface area contributed by atoms with E-state index in [1.165, 1.54) is 17.0 Å². The van der Waals surface area contributed by atoms with Gasteiger partial charge in [0.25, 0.3) is 12.3 Å². The third kappa shape index (κ3) is 21.2. The van der Waals surface area contributed by atoms with Gasteiger partial charge in [0, 0.05) is 55.3 Å². The van der Waals surface area contributed by atoms with Gasteiger partial charge in [-0.3, -0.25) is 23.8 Å². The van der Waals surface area contributed by atoms with Crippen molar-refractivity contribution in [3.8, 4) is 0 Å². The summed E-state index contributed by atoms with van der Waals surface area (Å²) in [6, 6.07) is 16.4. The Morgan fingerprint density at radius 3 is 1.86 bits per heavy atom. The first-order valence-corrected chi connectivity index (χ1v) is 21.5. The Kier molecular flexibility index (Phi) is 29.8. The number of amides is 3. The lowest BCUT2D eigenvalue weighted by molar-refractivity contribution is -0.130. The predicted octanol–water partition coefficient (Wildman–Crippen LogP) is 9.31. The average Bonchev–Trinajstić information content (AvgIpc) is 4.01. The zero-order valence-electron chi connectivity index (χ0n) is 33.9. The molecule has 2 aliphatic rings. The summed E-state index contributed by atoms with van der Waals surface area (Å²) in [6.07, 6.45) is -1.02. The summed E-state index contributed by atoms with van der Waals surface area (Å²) in [5, 5.41) is 0.282. The molecular weight excluding hydrogens is 797 g/mol. The van der Waals surface area contributed by atoms with Crippen LogP contribution in [0.2, 0.25) is 0 Å². The molecule has 1 unspecified atom stereocenters. The van der Waals surface area contributed by atoms with E-state index in [-0.39, 0.29) is 29.3 Å². The van der Waals surface area contributed by atoms with E-state index >= 15 is 0 Å². The molecular formula is C39H61F6N4O6PS. The zero-order chi connectivity index (χ0) is 44.2. The topological polar surface area (TPSA) is 144 Å². The molecule has 3 heterocycles. The summed E-state index contributed by atoms with van der Waals surface area (Å²) in [7, 11) is -5.60. The van der Waals surface area contributed by atoms with Gasteiger partial charge in [0.15, 0.2) is 0 Å². The van der Waals surface area contributed by atoms with Crippen LogP contribution in [-0.2, 0) is 19.8 Å². The second-order valence-corrected chi connectivity index (χ2v) is 14.3. The van der Waals surface area contributed by atoms with Crippen LogP contribution >= 0.6 is 18.9 Å². The number of hydrogen-bond donors (Lipinski definition) is 3. The van der Waals surface area contributed by atoms with Gasteiger partial charge in [-0.05, 0) is 49.4 Å². The highest BCUT2D eigenvalue weighted by Crippen LogP contribution is 2.59. The molecule has 2 saturated heterocycles. The molecule has 0 saturated carbocycles. The number of fused-ring (bicyclic) bond motifs is 1. The fraction of sp³-hybridized carbons (Fsp3) is 0.564. The van der Waals surface area contributed by atoms with Crippen molar-refractivity contribution >= 4 is 47.2 Å². The minimum Gasteiger partial charge on any atom is -0.365 e. The van der Waals surface area contributed by atoms with Crippen LogP contribution in [-0.4, -0.2) is 101 Å². The van der Waals surface area contributed by atoms with Gasteiger partial charge in [-0.1, -0.05) is 90.9 Å². The van der Waals surface area contributed by atoms with Crippen LogP contribution in [0.3, 0.4) is 0 Å². The number of nitrogens with zero attached hydrogens (tertiary/aromatic N) is 3. The standard InChI is InChI=1S/C11H20F2N2O.C10H8F2NO4PS.C6H9F2NO.C6H6.3C2H6/c1-2-14(9-10(12)13)8-5-11(16)15-6-3-4-7-15;11-10(12,18(15,16)17)6-1-2-7-5(3-6)4-8(19-7)9(13)14;7-6(8)5-1-2-9(3-5)4-10;1-2-4-6-5-3-1;3*1-2/h10H,2-9H2,1H3;1-4H,(H2,13,14)(H2,15,16,17);4-6H,1-3H2;1-6H;3*1-2H3. The van der Waals surface area contributed by atoms with Crippen molar-refractivity contribution in [3.63, 3.8) is 0 Å². The van der Waals surface area contributed by atoms with Crippen LogP contribution in [0, 0.1) is 5.92 Å². The highest BCUT2D eigenvalue weighted by molar-refractivity contribution is 7.52. The van der Waals surface area contributed by atoms with Crippen molar-refractivity contribution in [1.82, 2.24) is 14.7 Å². The number of nitrogens with two attached hydrogens (primary N) is 1. The summed E-state index contributed by atoms with van der Waals surface area (Å²) in [6.45, 7) is 17.0. The Balaban J connectivity index is 0. The van der Waals surface area contributed by atoms with Gasteiger partial charge in [0.1, 0.15) is 0 Å². The highest BCUT2D eigenvalue weighted by Gasteiger charge is 2.50. The maximum atomic E-state index is 13.5. The number of primary amides is 1. The summed E-state index contributed by atoms with van der Waals surface area (Å²) < 4.78 is 86.4. The number of alkyl halides is 6. The Labute approximate surface area is 337 Å². The average molecular weight is 859 g/mol. The molecule has 2 aromatic carbocycles. The second-order valence-electron chi connectivity index (χ2n) is 11.6. The fourth-order valence-corrected chi connectivity index (χ4v) is 6.34. The number of rotatable bonds is 11. The molecule has 1 atom stereocenters. The molecule has 0 spiro atoms. The van der Waals surface area contributed by atoms with Crippen molar-refractivity contribution in [2.24, 2.45) is 11.7 Å². The predicted molar refractivity (Wildman–Crippen MR) is 217 cm³/mol. The molecule has 5 rings (SSSR count). The fourth-order valence-electron chi connectivity index (χ4n) is 4.97. The third-order valence-electron chi connectivity index (χ3n) is 7.84. The molecule has 2 aliphatic heterocycles. The number of carbonyl (C=O) groups is 3. The van der Waals surface area contributed by atoms with Crippen LogP contribution in [0.25, 0.3) is 10.1 Å². The van der Waals surface area contributed by atoms with Crippen LogP contribution in [0.4, 0.5) is 26.3 Å². The SMILES string of the molecule is CC.CC.CC.CCN(CCC(=O)N1CCCC1)CC(F)F.NC(=O)c1cc2cc(C(F)(F)P(=O)(O)O)ccc2s1.O=CN1CCC(C(F)F)C1.c1ccccc1. The van der Waals surface area contributed by atoms with Crippen LogP contribution < -0.4 is 5.73 Å². The molecule has 0 bridgehead atoms. The monoisotopic (exact) mass is 858 g/mol. The van der Waals surface area contributed by atoms with Gasteiger partial charge < -0.3 is 25.3 Å². The third-order valence-corrected chi connectivity index (χ3v) is 9.97. The molecule has 0 radical (unpaired) electrons. The number of benzene rings is 2. The first kappa shape index (κ1) is 55.6. The van der Waals surface area contributed by atoms with E-state index in [1.807, 2.05) is 89.8 Å². The molecule has 3 aromatic rings. The Morgan fingerprint density at radius 1 is 0.947 bits per heavy atom. The number of carbonyl (C=O) groups excluding carboxylic acids is 3. The lowest BCUT2D eigenvalue weighted by Gasteiger charge is -2.21. The maximum absolute atomic E-state index is 13.5. The van der Waals surface area contributed by atoms with Crippen molar-refractivity contribution in [2.45, 2.75) is 92.7 Å². The molecule has 3 amide bonds. The highest BCUT2D eigenvalue weighted by atomic mass is 32.1. The molecule has 57 heavy (non-hydrogen) atoms. The van der Waals surface area contributed by atoms with Crippen LogP contribution in [0.5, 0.6) is 0 Å². The van der Waals surface area contributed by atoms with E-state index in [0.717, 1.165) is 49.4 Å².